The molecular formula is C27H22FN3O3. The predicted molar refractivity (Wildman–Crippen MR) is 126 cm³/mol. The van der Waals surface area contributed by atoms with Crippen LogP contribution >= 0.6 is 0 Å². The van der Waals surface area contributed by atoms with Crippen molar-refractivity contribution in [1.29, 1.82) is 0 Å². The quantitative estimate of drug-likeness (QED) is 0.406. The first-order chi connectivity index (χ1) is 16.5. The molecule has 0 saturated carbocycles. The van der Waals surface area contributed by atoms with Gasteiger partial charge in [0.25, 0.3) is 5.91 Å². The van der Waals surface area contributed by atoms with Gasteiger partial charge in [-0.25, -0.2) is 9.18 Å². The van der Waals surface area contributed by atoms with Gasteiger partial charge in [-0.3, -0.25) is 14.8 Å². The summed E-state index contributed by atoms with van der Waals surface area (Å²) < 4.78 is 18.8. The molecule has 0 fully saturated rings. The van der Waals surface area contributed by atoms with Gasteiger partial charge in [-0.2, -0.15) is 5.10 Å². The molecular weight excluding hydrogens is 433 g/mol. The molecule has 34 heavy (non-hydrogen) atoms. The number of hydrogen-bond acceptors (Lipinski definition) is 4. The highest BCUT2D eigenvalue weighted by molar-refractivity contribution is 6.12. The lowest BCUT2D eigenvalue weighted by Crippen LogP contribution is -2.29. The Bertz CT molecular complexity index is 1360. The number of fused-ring (bicyclic) bond motifs is 1. The van der Waals surface area contributed by atoms with Crippen LogP contribution in [0.1, 0.15) is 50.5 Å². The van der Waals surface area contributed by atoms with Crippen molar-refractivity contribution >= 4 is 17.6 Å². The normalized spacial score (nSPS) is 14.9. The Balaban J connectivity index is 1.63. The number of amides is 1. The minimum Gasteiger partial charge on any atom is -0.462 e. The molecule has 6 nitrogen and oxygen atoms in total. The maximum atomic E-state index is 13.7. The first kappa shape index (κ1) is 21.6. The Labute approximate surface area is 196 Å². The first-order valence-corrected chi connectivity index (χ1v) is 11.0. The van der Waals surface area contributed by atoms with E-state index in [1.165, 1.54) is 12.1 Å². The second-order valence-electron chi connectivity index (χ2n) is 8.12. The predicted octanol–water partition coefficient (Wildman–Crippen LogP) is 5.45. The topological polar surface area (TPSA) is 75.3 Å². The number of anilines is 1. The molecule has 0 aliphatic carbocycles. The smallest absolute Gasteiger partial charge is 0.338 e. The summed E-state index contributed by atoms with van der Waals surface area (Å²) in [5.41, 5.74) is 5.53. The summed E-state index contributed by atoms with van der Waals surface area (Å²) in [7, 11) is 0. The fourth-order valence-corrected chi connectivity index (χ4v) is 4.28. The van der Waals surface area contributed by atoms with Crippen molar-refractivity contribution in [3.05, 3.63) is 107 Å². The van der Waals surface area contributed by atoms with Gasteiger partial charge in [-0.05, 0) is 55.8 Å². The van der Waals surface area contributed by atoms with E-state index in [1.807, 2.05) is 31.2 Å². The van der Waals surface area contributed by atoms with Crippen LogP contribution in [0.25, 0.3) is 11.3 Å². The van der Waals surface area contributed by atoms with E-state index in [1.54, 1.807) is 48.2 Å². The fraction of sp³-hybridized carbons (Fsp3) is 0.148. The van der Waals surface area contributed by atoms with Crippen molar-refractivity contribution in [2.45, 2.75) is 19.9 Å². The van der Waals surface area contributed by atoms with Crippen LogP contribution in [0.15, 0.2) is 72.8 Å². The minimum absolute atomic E-state index is 0.251. The molecule has 1 aromatic heterocycles. The Morgan fingerprint density at radius 3 is 2.35 bits per heavy atom. The number of nitrogens with one attached hydrogen (secondary N) is 1. The van der Waals surface area contributed by atoms with Crippen LogP contribution in [0.4, 0.5) is 10.1 Å². The van der Waals surface area contributed by atoms with Crippen molar-refractivity contribution < 1.29 is 18.7 Å². The van der Waals surface area contributed by atoms with Crippen molar-refractivity contribution in [2.24, 2.45) is 0 Å². The van der Waals surface area contributed by atoms with Crippen LogP contribution in [0, 0.1) is 12.7 Å². The number of nitrogens with zero attached hydrogens (tertiary/aromatic N) is 2. The second kappa shape index (κ2) is 8.59. The molecule has 1 unspecified atom stereocenters. The summed E-state index contributed by atoms with van der Waals surface area (Å²) in [5, 5.41) is 7.38. The zero-order chi connectivity index (χ0) is 23.8. The van der Waals surface area contributed by atoms with Crippen LogP contribution in [-0.2, 0) is 4.74 Å². The third-order valence-electron chi connectivity index (χ3n) is 5.94. The molecule has 0 radical (unpaired) electrons. The van der Waals surface area contributed by atoms with Gasteiger partial charge >= 0.3 is 5.97 Å². The lowest BCUT2D eigenvalue weighted by Gasteiger charge is -2.26. The Kier molecular flexibility index (Phi) is 5.45. The molecule has 1 aliphatic rings. The molecule has 1 N–H and O–H groups in total. The van der Waals surface area contributed by atoms with E-state index in [0.717, 1.165) is 22.3 Å². The number of hydrogen-bond donors (Lipinski definition) is 1. The number of carbonyl (C=O) groups excluding carboxylic acids is 2. The third kappa shape index (κ3) is 3.65. The molecule has 2 heterocycles. The molecule has 1 aliphatic heterocycles. The molecule has 4 aromatic rings. The number of aromatic nitrogens is 2. The summed E-state index contributed by atoms with van der Waals surface area (Å²) in [4.78, 5) is 27.3. The highest BCUT2D eigenvalue weighted by Crippen LogP contribution is 2.45. The maximum Gasteiger partial charge on any atom is 0.338 e. The second-order valence-corrected chi connectivity index (χ2v) is 8.12. The SMILES string of the molecule is CCOC(=O)c1ccc(N2C(=O)c3[nH]nc(-c4ccc(C)cc4)c3C2c2ccc(F)cc2)cc1. The number of aromatic amines is 1. The molecule has 0 spiro atoms. The average Bonchev–Trinajstić information content (AvgIpc) is 3.39. The molecule has 0 saturated heterocycles. The molecule has 0 bridgehead atoms. The van der Waals surface area contributed by atoms with Crippen LogP contribution in [0.3, 0.4) is 0 Å². The largest absolute Gasteiger partial charge is 0.462 e. The number of halogens is 1. The standard InChI is InChI=1S/C27H22FN3O3/c1-3-34-27(33)19-10-14-21(15-11-19)31-25(18-8-12-20(28)13-9-18)22-23(29-30-24(22)26(31)32)17-6-4-16(2)5-7-17/h4-15,25H,3H2,1-2H3,(H,29,30). The lowest BCUT2D eigenvalue weighted by molar-refractivity contribution is 0.0526. The van der Waals surface area contributed by atoms with Crippen molar-refractivity contribution in [3.63, 3.8) is 0 Å². The van der Waals surface area contributed by atoms with Crippen molar-refractivity contribution in [2.75, 3.05) is 11.5 Å². The number of rotatable bonds is 5. The number of esters is 1. The van der Waals surface area contributed by atoms with E-state index in [4.69, 9.17) is 4.74 Å². The van der Waals surface area contributed by atoms with E-state index in [0.29, 0.717) is 22.6 Å². The zero-order valence-electron chi connectivity index (χ0n) is 18.7. The zero-order valence-corrected chi connectivity index (χ0v) is 18.7. The van der Waals surface area contributed by atoms with Crippen LogP contribution < -0.4 is 4.90 Å². The number of benzene rings is 3. The highest BCUT2D eigenvalue weighted by Gasteiger charge is 2.43. The van der Waals surface area contributed by atoms with Crippen molar-refractivity contribution in [1.82, 2.24) is 10.2 Å². The van der Waals surface area contributed by atoms with E-state index < -0.39 is 12.0 Å². The lowest BCUT2D eigenvalue weighted by atomic mass is 9.95. The van der Waals surface area contributed by atoms with E-state index in [-0.39, 0.29) is 18.3 Å². The Hall–Kier alpha value is -4.26. The molecule has 5 rings (SSSR count). The van der Waals surface area contributed by atoms with Gasteiger partial charge < -0.3 is 4.74 Å². The Morgan fingerprint density at radius 1 is 1.03 bits per heavy atom. The third-order valence-corrected chi connectivity index (χ3v) is 5.94. The summed E-state index contributed by atoms with van der Waals surface area (Å²) in [6.45, 7) is 4.03. The van der Waals surface area contributed by atoms with Crippen LogP contribution in [0.2, 0.25) is 0 Å². The first-order valence-electron chi connectivity index (χ1n) is 11.0. The molecule has 7 heteroatoms. The summed E-state index contributed by atoms with van der Waals surface area (Å²) in [5.74, 6) is -1.03. The number of H-pyrrole nitrogens is 1. The Morgan fingerprint density at radius 2 is 1.71 bits per heavy atom. The van der Waals surface area contributed by atoms with Gasteiger partial charge in [0, 0.05) is 16.8 Å². The van der Waals surface area contributed by atoms with Gasteiger partial charge in [0.1, 0.15) is 11.5 Å². The highest BCUT2D eigenvalue weighted by atomic mass is 19.1. The number of carbonyl (C=O) groups is 2. The van der Waals surface area contributed by atoms with Crippen molar-refractivity contribution in [3.8, 4) is 11.3 Å². The van der Waals surface area contributed by atoms with Gasteiger partial charge in [-0.15, -0.1) is 0 Å². The molecule has 1 amide bonds. The maximum absolute atomic E-state index is 13.7. The minimum atomic E-state index is -0.522. The van der Waals surface area contributed by atoms with Gasteiger partial charge in [-0.1, -0.05) is 42.0 Å². The summed E-state index contributed by atoms with van der Waals surface area (Å²) in [6, 6.07) is 20.2. The van der Waals surface area contributed by atoms with E-state index in [9.17, 15) is 14.0 Å². The monoisotopic (exact) mass is 455 g/mol. The number of ether oxygens (including phenoxy) is 1. The van der Waals surface area contributed by atoms with Gasteiger partial charge in [0.05, 0.1) is 23.9 Å². The summed E-state index contributed by atoms with van der Waals surface area (Å²) in [6.07, 6.45) is 0. The van der Waals surface area contributed by atoms with Gasteiger partial charge in [0.2, 0.25) is 0 Å². The molecule has 170 valence electrons. The van der Waals surface area contributed by atoms with Crippen LogP contribution in [-0.4, -0.2) is 28.7 Å². The van der Waals surface area contributed by atoms with E-state index in [2.05, 4.69) is 10.2 Å². The van der Waals surface area contributed by atoms with E-state index >= 15 is 0 Å². The fourth-order valence-electron chi connectivity index (χ4n) is 4.28. The molecule has 1 atom stereocenters. The van der Waals surface area contributed by atoms with Crippen LogP contribution in [0.5, 0.6) is 0 Å². The number of aryl methyl sites for hydroxylation is 1. The van der Waals surface area contributed by atoms with Gasteiger partial charge in [0.15, 0.2) is 0 Å². The molecule has 3 aromatic carbocycles. The average molecular weight is 455 g/mol. The summed E-state index contributed by atoms with van der Waals surface area (Å²) >= 11 is 0.